The van der Waals surface area contributed by atoms with Crippen LogP contribution >= 0.6 is 0 Å². The monoisotopic (exact) mass is 516 g/mol. The highest BCUT2D eigenvalue weighted by molar-refractivity contribution is 6.09. The lowest BCUT2D eigenvalue weighted by Crippen LogP contribution is -2.32. The number of hydrogen-bond acceptors (Lipinski definition) is 7. The largest absolute Gasteiger partial charge is 0.443 e. The van der Waals surface area contributed by atoms with Crippen LogP contribution < -0.4 is 5.32 Å². The fraction of sp³-hybridized carbons (Fsp3) is 0.607. The molecule has 9 nitrogen and oxygen atoms in total. The van der Waals surface area contributed by atoms with Crippen LogP contribution in [0.5, 0.6) is 0 Å². The molecule has 0 unspecified atom stereocenters. The Morgan fingerprint density at radius 3 is 2.30 bits per heavy atom. The minimum absolute atomic E-state index is 0.268. The maximum atomic E-state index is 12.8. The molecule has 0 radical (unpaired) electrons. The van der Waals surface area contributed by atoms with Gasteiger partial charge >= 0.3 is 6.09 Å². The molecule has 0 aliphatic carbocycles. The van der Waals surface area contributed by atoms with Gasteiger partial charge in [-0.1, -0.05) is 38.5 Å². The number of ether oxygens (including phenoxy) is 3. The normalized spacial score (nSPS) is 11.9. The Balaban J connectivity index is 0.00000153. The van der Waals surface area contributed by atoms with E-state index in [1.807, 2.05) is 56.5 Å². The lowest BCUT2D eigenvalue weighted by atomic mass is 10.1. The number of carbonyl (C=O) groups is 1. The number of para-hydroxylation sites is 1. The summed E-state index contributed by atoms with van der Waals surface area (Å²) in [5, 5.41) is 14.3. The van der Waals surface area contributed by atoms with Gasteiger partial charge in [-0.15, -0.1) is 0 Å². The maximum absolute atomic E-state index is 12.8. The Hall–Kier alpha value is -2.75. The second-order valence-corrected chi connectivity index (χ2v) is 10.2. The molecule has 0 fully saturated rings. The van der Waals surface area contributed by atoms with Crippen molar-refractivity contribution >= 4 is 33.8 Å². The van der Waals surface area contributed by atoms with Crippen LogP contribution in [0.1, 0.15) is 74.1 Å². The Labute approximate surface area is 220 Å². The summed E-state index contributed by atoms with van der Waals surface area (Å²) >= 11 is 0. The number of nitrogens with one attached hydrogen (secondary N) is 1. The number of carbonyl (C=O) groups excluding carboxylic acids is 1. The van der Waals surface area contributed by atoms with Crippen LogP contribution in [-0.4, -0.2) is 56.8 Å². The van der Waals surface area contributed by atoms with Gasteiger partial charge in [0.05, 0.1) is 29.8 Å². The van der Waals surface area contributed by atoms with Crippen molar-refractivity contribution in [3.05, 3.63) is 30.1 Å². The number of fused-ring (bicyclic) bond motifs is 3. The number of anilines is 1. The van der Waals surface area contributed by atoms with Gasteiger partial charge in [0.2, 0.25) is 0 Å². The van der Waals surface area contributed by atoms with E-state index in [1.54, 1.807) is 13.8 Å². The number of aromatic nitrogens is 3. The van der Waals surface area contributed by atoms with Crippen molar-refractivity contribution < 1.29 is 24.1 Å². The first kappa shape index (κ1) is 30.5. The molecule has 2 aromatic heterocycles. The lowest BCUT2D eigenvalue weighted by Gasteiger charge is -2.25. The van der Waals surface area contributed by atoms with Crippen LogP contribution in [0.25, 0.3) is 21.9 Å². The summed E-state index contributed by atoms with van der Waals surface area (Å²) in [4.78, 5) is 22.3. The molecule has 0 aliphatic heterocycles. The van der Waals surface area contributed by atoms with Crippen LogP contribution in [0, 0.1) is 0 Å². The second-order valence-electron chi connectivity index (χ2n) is 10.2. The van der Waals surface area contributed by atoms with Crippen LogP contribution in [0.3, 0.4) is 0 Å². The Kier molecular flexibility index (Phi) is 11.3. The number of rotatable bonds is 11. The summed E-state index contributed by atoms with van der Waals surface area (Å²) in [7, 11) is 0. The van der Waals surface area contributed by atoms with E-state index in [1.165, 1.54) is 6.42 Å². The molecule has 37 heavy (non-hydrogen) atoms. The SMILES string of the molecule is CCC.CCOCCC(C)(C)OC(=O)Nc1nc2ccccc2c2c1nc(COCC)n2CC(C)(C)O. The third kappa shape index (κ3) is 8.94. The average molecular weight is 517 g/mol. The van der Waals surface area contributed by atoms with Gasteiger partial charge in [-0.05, 0) is 47.6 Å². The Morgan fingerprint density at radius 1 is 1.03 bits per heavy atom. The second kappa shape index (κ2) is 13.7. The van der Waals surface area contributed by atoms with E-state index < -0.39 is 17.3 Å². The van der Waals surface area contributed by atoms with Crippen molar-refractivity contribution in [2.75, 3.05) is 25.1 Å². The van der Waals surface area contributed by atoms with Crippen LogP contribution in [0.15, 0.2) is 24.3 Å². The van der Waals surface area contributed by atoms with Crippen molar-refractivity contribution in [2.45, 2.75) is 92.6 Å². The number of hydrogen-bond donors (Lipinski definition) is 2. The number of aliphatic hydroxyl groups is 1. The van der Waals surface area contributed by atoms with Crippen molar-refractivity contribution in [1.29, 1.82) is 0 Å². The maximum Gasteiger partial charge on any atom is 0.413 e. The molecule has 1 amide bonds. The molecule has 9 heteroatoms. The van der Waals surface area contributed by atoms with E-state index in [9.17, 15) is 9.90 Å². The van der Waals surface area contributed by atoms with Crippen LogP contribution in [0.2, 0.25) is 0 Å². The van der Waals surface area contributed by atoms with Gasteiger partial charge in [0.15, 0.2) is 5.82 Å². The Morgan fingerprint density at radius 2 is 1.68 bits per heavy atom. The summed E-state index contributed by atoms with van der Waals surface area (Å²) in [6, 6.07) is 7.64. The number of pyridine rings is 1. The zero-order chi connectivity index (χ0) is 27.6. The molecule has 0 bridgehead atoms. The first-order valence-electron chi connectivity index (χ1n) is 13.1. The average Bonchev–Trinajstić information content (AvgIpc) is 3.15. The molecule has 1 aromatic carbocycles. The molecule has 206 valence electrons. The van der Waals surface area contributed by atoms with E-state index in [0.29, 0.717) is 55.5 Å². The molecule has 0 saturated carbocycles. The van der Waals surface area contributed by atoms with Gasteiger partial charge in [-0.2, -0.15) is 0 Å². The zero-order valence-corrected chi connectivity index (χ0v) is 23.7. The molecule has 2 N–H and O–H groups in total. The van der Waals surface area contributed by atoms with Crippen molar-refractivity contribution in [3.63, 3.8) is 0 Å². The highest BCUT2D eigenvalue weighted by atomic mass is 16.6. The van der Waals surface area contributed by atoms with Gasteiger partial charge in [-0.25, -0.2) is 14.8 Å². The minimum Gasteiger partial charge on any atom is -0.443 e. The van der Waals surface area contributed by atoms with Gasteiger partial charge in [0.25, 0.3) is 0 Å². The highest BCUT2D eigenvalue weighted by Gasteiger charge is 2.26. The summed E-state index contributed by atoms with van der Waals surface area (Å²) in [5.74, 6) is 0.942. The lowest BCUT2D eigenvalue weighted by molar-refractivity contribution is 0.0161. The molecule has 0 spiro atoms. The number of imidazole rings is 1. The summed E-state index contributed by atoms with van der Waals surface area (Å²) < 4.78 is 18.6. The minimum atomic E-state index is -0.990. The quantitative estimate of drug-likeness (QED) is 0.298. The first-order valence-corrected chi connectivity index (χ1v) is 13.1. The third-order valence-corrected chi connectivity index (χ3v) is 5.28. The van der Waals surface area contributed by atoms with E-state index in [-0.39, 0.29) is 6.61 Å². The third-order valence-electron chi connectivity index (χ3n) is 5.28. The van der Waals surface area contributed by atoms with Gasteiger partial charge < -0.3 is 23.9 Å². The van der Waals surface area contributed by atoms with Crippen LogP contribution in [-0.2, 0) is 27.4 Å². The first-order chi connectivity index (χ1) is 17.5. The summed E-state index contributed by atoms with van der Waals surface area (Å²) in [6.07, 6.45) is 1.20. The molecule has 2 heterocycles. The van der Waals surface area contributed by atoms with Crippen molar-refractivity contribution in [1.82, 2.24) is 14.5 Å². The predicted octanol–water partition coefficient (Wildman–Crippen LogP) is 6.06. The summed E-state index contributed by atoms with van der Waals surface area (Å²) in [5.41, 5.74) is 0.280. The predicted molar refractivity (Wildman–Crippen MR) is 148 cm³/mol. The van der Waals surface area contributed by atoms with Gasteiger partial charge in [-0.3, -0.25) is 5.32 Å². The standard InChI is InChI=1S/C25H36N4O5.C3H8/c1-7-32-14-13-25(5,6)34-23(30)28-22-20-21(17-11-9-10-12-18(17)26-22)29(16-24(3,4)31)19(27-20)15-33-8-2;1-3-2/h9-12,31H,7-8,13-16H2,1-6H3,(H,26,28,30);3H2,1-2H3. The molecular weight excluding hydrogens is 472 g/mol. The highest BCUT2D eigenvalue weighted by Crippen LogP contribution is 2.32. The molecule has 3 rings (SSSR count). The van der Waals surface area contributed by atoms with Gasteiger partial charge in [0, 0.05) is 25.0 Å². The molecular formula is C28H44N4O5. The smallest absolute Gasteiger partial charge is 0.413 e. The van der Waals surface area contributed by atoms with E-state index >= 15 is 0 Å². The van der Waals surface area contributed by atoms with Crippen molar-refractivity contribution in [2.24, 2.45) is 0 Å². The zero-order valence-electron chi connectivity index (χ0n) is 23.7. The van der Waals surface area contributed by atoms with E-state index in [4.69, 9.17) is 19.2 Å². The molecule has 0 aliphatic rings. The number of benzene rings is 1. The van der Waals surface area contributed by atoms with Crippen molar-refractivity contribution in [3.8, 4) is 0 Å². The number of amides is 1. The molecule has 3 aromatic rings. The fourth-order valence-corrected chi connectivity index (χ4v) is 3.72. The topological polar surface area (TPSA) is 108 Å². The summed E-state index contributed by atoms with van der Waals surface area (Å²) in [6.45, 7) is 17.5. The fourth-order valence-electron chi connectivity index (χ4n) is 3.72. The van der Waals surface area contributed by atoms with E-state index in [0.717, 1.165) is 10.9 Å². The van der Waals surface area contributed by atoms with E-state index in [2.05, 4.69) is 24.1 Å². The van der Waals surface area contributed by atoms with Gasteiger partial charge in [0.1, 0.15) is 23.5 Å². The molecule has 0 saturated heterocycles. The number of nitrogens with zero attached hydrogens (tertiary/aromatic N) is 3. The Bertz CT molecular complexity index is 1150. The molecule has 0 atom stereocenters. The van der Waals surface area contributed by atoms with Crippen LogP contribution in [0.4, 0.5) is 10.6 Å².